The molecule has 0 aromatic heterocycles. The van der Waals surface area contributed by atoms with Crippen molar-refractivity contribution in [2.45, 2.75) is 57.0 Å². The van der Waals surface area contributed by atoms with Gasteiger partial charge in [-0.2, -0.15) is 0 Å². The number of nitrogens with zero attached hydrogens (tertiary/aromatic N) is 1. The first-order chi connectivity index (χ1) is 22.4. The van der Waals surface area contributed by atoms with E-state index in [1.807, 2.05) is 79.7 Å². The monoisotopic (exact) mass is 610 g/mol. The number of allylic oxidation sites excluding steroid dienone is 1. The largest absolute Gasteiger partial charge is 0.497 e. The van der Waals surface area contributed by atoms with E-state index >= 15 is 4.79 Å². The van der Waals surface area contributed by atoms with Crippen molar-refractivity contribution in [2.75, 3.05) is 17.3 Å². The van der Waals surface area contributed by atoms with Gasteiger partial charge in [0.1, 0.15) is 17.2 Å². The summed E-state index contributed by atoms with van der Waals surface area (Å²) in [6, 6.07) is 28.8. The van der Waals surface area contributed by atoms with E-state index in [-0.39, 0.29) is 17.5 Å². The molecule has 0 bridgehead atoms. The molecule has 232 valence electrons. The van der Waals surface area contributed by atoms with E-state index in [1.54, 1.807) is 31.4 Å². The molecule has 0 saturated carbocycles. The molecule has 4 aromatic carbocycles. The van der Waals surface area contributed by atoms with Gasteiger partial charge in [0.05, 0.1) is 19.1 Å². The summed E-state index contributed by atoms with van der Waals surface area (Å²) in [4.78, 5) is 46.7. The molecule has 6 heteroatoms. The average molecular weight is 611 g/mol. The smallest absolute Gasteiger partial charge is 0.238 e. The minimum atomic E-state index is -1.34. The molecule has 1 spiro atoms. The molecule has 1 fully saturated rings. The molecule has 0 unspecified atom stereocenters. The number of para-hydroxylation sites is 2. The van der Waals surface area contributed by atoms with E-state index in [9.17, 15) is 9.59 Å². The first kappa shape index (κ1) is 29.7. The summed E-state index contributed by atoms with van der Waals surface area (Å²) in [6.45, 7) is 4.22. The van der Waals surface area contributed by atoms with Gasteiger partial charge < -0.3 is 15.0 Å². The number of rotatable bonds is 9. The zero-order valence-electron chi connectivity index (χ0n) is 26.5. The number of aryl methyl sites for hydroxylation is 1. The van der Waals surface area contributed by atoms with Crippen molar-refractivity contribution in [3.63, 3.8) is 0 Å². The first-order valence-electron chi connectivity index (χ1n) is 16.2. The van der Waals surface area contributed by atoms with Gasteiger partial charge in [0.15, 0.2) is 11.6 Å². The molecule has 4 aromatic rings. The van der Waals surface area contributed by atoms with Gasteiger partial charge in [-0.05, 0) is 72.9 Å². The summed E-state index contributed by atoms with van der Waals surface area (Å²) in [7, 11) is 1.58. The normalized spacial score (nSPS) is 22.5. The molecule has 3 aliphatic rings. The predicted molar refractivity (Wildman–Crippen MR) is 182 cm³/mol. The van der Waals surface area contributed by atoms with Crippen molar-refractivity contribution in [3.8, 4) is 5.75 Å². The van der Waals surface area contributed by atoms with E-state index in [0.717, 1.165) is 48.1 Å². The maximum absolute atomic E-state index is 15.1. The number of hydrogen-bond acceptors (Lipinski definition) is 5. The number of fused-ring (bicyclic) bond motifs is 6. The van der Waals surface area contributed by atoms with Crippen LogP contribution in [0.1, 0.15) is 70.5 Å². The van der Waals surface area contributed by atoms with Gasteiger partial charge in [0.2, 0.25) is 5.91 Å². The van der Waals surface area contributed by atoms with Crippen molar-refractivity contribution in [1.29, 1.82) is 0 Å². The zero-order chi connectivity index (χ0) is 32.0. The van der Waals surface area contributed by atoms with Crippen molar-refractivity contribution < 1.29 is 19.1 Å². The Bertz CT molecular complexity index is 1860. The van der Waals surface area contributed by atoms with Gasteiger partial charge in [-0.15, -0.1) is 0 Å². The van der Waals surface area contributed by atoms with Crippen LogP contribution in [0.25, 0.3) is 5.57 Å². The number of benzene rings is 4. The Morgan fingerprint density at radius 2 is 1.52 bits per heavy atom. The van der Waals surface area contributed by atoms with Crippen molar-refractivity contribution in [3.05, 3.63) is 131 Å². The van der Waals surface area contributed by atoms with Crippen molar-refractivity contribution in [2.24, 2.45) is 5.92 Å². The number of ether oxygens (including phenoxy) is 1. The van der Waals surface area contributed by atoms with Crippen LogP contribution in [0, 0.1) is 5.92 Å². The van der Waals surface area contributed by atoms with Crippen LogP contribution in [-0.2, 0) is 16.6 Å². The van der Waals surface area contributed by atoms with E-state index in [0.29, 0.717) is 22.6 Å². The van der Waals surface area contributed by atoms with Crippen LogP contribution in [0.5, 0.6) is 5.75 Å². The first-order valence-corrected chi connectivity index (χ1v) is 16.2. The van der Waals surface area contributed by atoms with Gasteiger partial charge in [-0.3, -0.25) is 14.4 Å². The summed E-state index contributed by atoms with van der Waals surface area (Å²) in [5, 5.41) is 3.12. The van der Waals surface area contributed by atoms with E-state index in [1.165, 1.54) is 5.56 Å². The van der Waals surface area contributed by atoms with Crippen LogP contribution in [0.3, 0.4) is 0 Å². The second kappa shape index (κ2) is 11.8. The lowest BCUT2D eigenvalue weighted by Gasteiger charge is -2.39. The standard InChI is InChI=1S/C40H38N2O4/c1-4-5-6-11-26-16-18-27(19-17-26)37(43)35-36(38(44)28-20-22-29(46-3)23-21-28)42-33-15-10-7-12-30(33)25(2)24-34(42)40(35)31-13-8-9-14-32(31)41-39(40)45/h7-10,12-24,34-36H,4-6,11H2,1-3H3,(H,41,45)/t34-,35+,36+,40-/m1/s1. The summed E-state index contributed by atoms with van der Waals surface area (Å²) in [5.74, 6) is -1.05. The lowest BCUT2D eigenvalue weighted by atomic mass is 9.64. The molecule has 3 aliphatic heterocycles. The third-order valence-electron chi connectivity index (χ3n) is 10.1. The van der Waals surface area contributed by atoms with Crippen LogP contribution in [0.2, 0.25) is 0 Å². The second-order valence-corrected chi connectivity index (χ2v) is 12.6. The molecule has 0 radical (unpaired) electrons. The number of amides is 1. The maximum Gasteiger partial charge on any atom is 0.238 e. The molecule has 1 amide bonds. The number of carbonyl (C=O) groups is 3. The molecule has 7 rings (SSSR count). The Morgan fingerprint density at radius 1 is 0.848 bits per heavy atom. The number of ketones is 2. The van der Waals surface area contributed by atoms with Crippen molar-refractivity contribution >= 4 is 34.4 Å². The Kier molecular flexibility index (Phi) is 7.59. The fourth-order valence-electron chi connectivity index (χ4n) is 7.91. The molecular formula is C40H38N2O4. The molecule has 1 saturated heterocycles. The second-order valence-electron chi connectivity index (χ2n) is 12.6. The molecular weight excluding hydrogens is 572 g/mol. The number of unbranched alkanes of at least 4 members (excludes halogenated alkanes) is 2. The lowest BCUT2D eigenvalue weighted by Crippen LogP contribution is -2.51. The third kappa shape index (κ3) is 4.50. The SMILES string of the molecule is CCCCCc1ccc(C(=O)[C@@H]2[C@@H](C(=O)c3ccc(OC)cc3)N3c4ccccc4C(C)=C[C@@H]3[C@@]23C(=O)Nc2ccccc23)cc1. The molecule has 4 atom stereocenters. The van der Waals surface area contributed by atoms with Gasteiger partial charge in [0.25, 0.3) is 0 Å². The molecule has 3 heterocycles. The van der Waals surface area contributed by atoms with Crippen LogP contribution < -0.4 is 15.0 Å². The Balaban J connectivity index is 1.45. The number of carbonyl (C=O) groups excluding carboxylic acids is 3. The fourth-order valence-corrected chi connectivity index (χ4v) is 7.91. The number of Topliss-reactive ketones (excluding diaryl/α,β-unsaturated/α-hetero) is 2. The average Bonchev–Trinajstić information content (AvgIpc) is 3.56. The van der Waals surface area contributed by atoms with Crippen molar-refractivity contribution in [1.82, 2.24) is 0 Å². The number of anilines is 2. The van der Waals surface area contributed by atoms with E-state index in [2.05, 4.69) is 23.2 Å². The summed E-state index contributed by atoms with van der Waals surface area (Å²) < 4.78 is 5.37. The molecule has 6 nitrogen and oxygen atoms in total. The van der Waals surface area contributed by atoms with E-state index in [4.69, 9.17) is 4.74 Å². The van der Waals surface area contributed by atoms with E-state index < -0.39 is 23.4 Å². The van der Waals surface area contributed by atoms with Gasteiger partial charge in [0, 0.05) is 28.1 Å². The minimum Gasteiger partial charge on any atom is -0.497 e. The number of hydrogen-bond donors (Lipinski definition) is 1. The highest BCUT2D eigenvalue weighted by Crippen LogP contribution is 2.58. The quantitative estimate of drug-likeness (QED) is 0.155. The van der Waals surface area contributed by atoms with Crippen LogP contribution >= 0.6 is 0 Å². The van der Waals surface area contributed by atoms with Gasteiger partial charge in [-0.1, -0.05) is 86.5 Å². The minimum absolute atomic E-state index is 0.209. The van der Waals surface area contributed by atoms with Crippen LogP contribution in [0.4, 0.5) is 11.4 Å². The molecule has 46 heavy (non-hydrogen) atoms. The summed E-state index contributed by atoms with van der Waals surface area (Å²) in [6.07, 6.45) is 6.42. The molecule has 0 aliphatic carbocycles. The fraction of sp³-hybridized carbons (Fsp3) is 0.275. The van der Waals surface area contributed by atoms with Crippen LogP contribution in [-0.4, -0.2) is 36.7 Å². The number of methoxy groups -OCH3 is 1. The highest BCUT2D eigenvalue weighted by atomic mass is 16.5. The topological polar surface area (TPSA) is 75.7 Å². The number of nitrogens with one attached hydrogen (secondary N) is 1. The Labute approximate surface area is 270 Å². The predicted octanol–water partition coefficient (Wildman–Crippen LogP) is 7.67. The summed E-state index contributed by atoms with van der Waals surface area (Å²) in [5.41, 5.74) is 5.06. The maximum atomic E-state index is 15.1. The Morgan fingerprint density at radius 3 is 2.26 bits per heavy atom. The van der Waals surface area contributed by atoms with Gasteiger partial charge >= 0.3 is 0 Å². The highest BCUT2D eigenvalue weighted by Gasteiger charge is 2.70. The highest BCUT2D eigenvalue weighted by molar-refractivity contribution is 6.18. The summed E-state index contributed by atoms with van der Waals surface area (Å²) >= 11 is 0. The zero-order valence-corrected chi connectivity index (χ0v) is 26.5. The molecule has 1 N–H and O–H groups in total. The lowest BCUT2D eigenvalue weighted by molar-refractivity contribution is -0.121. The Hall–Kier alpha value is -4.97. The van der Waals surface area contributed by atoms with Gasteiger partial charge in [-0.25, -0.2) is 0 Å². The van der Waals surface area contributed by atoms with Crippen LogP contribution in [0.15, 0.2) is 103 Å². The third-order valence-corrected chi connectivity index (χ3v) is 10.1.